The summed E-state index contributed by atoms with van der Waals surface area (Å²) in [5.74, 6) is 0.360. The lowest BCUT2D eigenvalue weighted by Gasteiger charge is -2.23. The van der Waals surface area contributed by atoms with Crippen LogP contribution in [0.2, 0.25) is 0 Å². The van der Waals surface area contributed by atoms with E-state index in [1.165, 1.54) is 6.92 Å². The number of aliphatic carboxylic acids is 1. The van der Waals surface area contributed by atoms with Crippen LogP contribution in [0.25, 0.3) is 0 Å². The Balaban J connectivity index is 1.51. The normalized spacial score (nSPS) is 15.0. The van der Waals surface area contributed by atoms with Crippen molar-refractivity contribution in [2.45, 2.75) is 39.5 Å². The van der Waals surface area contributed by atoms with Crippen LogP contribution in [-0.2, 0) is 17.6 Å². The van der Waals surface area contributed by atoms with Crippen molar-refractivity contribution in [3.8, 4) is 23.0 Å². The van der Waals surface area contributed by atoms with Gasteiger partial charge in [-0.2, -0.15) is 0 Å². The molecule has 166 valence electrons. The Morgan fingerprint density at radius 3 is 2.65 bits per heavy atom. The Hall–Kier alpha value is -3.22. The van der Waals surface area contributed by atoms with Crippen LogP contribution in [-0.4, -0.2) is 41.8 Å². The van der Waals surface area contributed by atoms with Crippen LogP contribution >= 0.6 is 0 Å². The fourth-order valence-corrected chi connectivity index (χ4v) is 3.56. The molecule has 1 heterocycles. The summed E-state index contributed by atoms with van der Waals surface area (Å²) in [6, 6.07) is 8.75. The highest BCUT2D eigenvalue weighted by molar-refractivity contribution is 5.97. The molecule has 0 spiro atoms. The second kappa shape index (κ2) is 10.2. The first-order chi connectivity index (χ1) is 14.9. The Morgan fingerprint density at radius 2 is 1.94 bits per heavy atom. The molecule has 2 aromatic rings. The van der Waals surface area contributed by atoms with Crippen molar-refractivity contribution in [3.63, 3.8) is 0 Å². The standard InChI is InChI=1S/C24H28O7/c1-3-5-20-21(9-8-19(15(2)25)23(20)26)30-11-4-10-29-18-7-6-16-12-17(24(27)28)14-31-22(16)13-18/h6-9,13,17,26H,3-5,10-12,14H2,1-2H3,(H,27,28). The van der Waals surface area contributed by atoms with Crippen LogP contribution in [0.1, 0.15) is 48.2 Å². The quantitative estimate of drug-likeness (QED) is 0.435. The van der Waals surface area contributed by atoms with Gasteiger partial charge in [0.25, 0.3) is 0 Å². The topological polar surface area (TPSA) is 102 Å². The van der Waals surface area contributed by atoms with Gasteiger partial charge in [-0.3, -0.25) is 9.59 Å². The number of hydrogen-bond donors (Lipinski definition) is 2. The van der Waals surface area contributed by atoms with Gasteiger partial charge in [0.2, 0.25) is 0 Å². The minimum Gasteiger partial charge on any atom is -0.507 e. The van der Waals surface area contributed by atoms with Gasteiger partial charge >= 0.3 is 5.97 Å². The maximum absolute atomic E-state index is 11.7. The van der Waals surface area contributed by atoms with E-state index in [1.807, 2.05) is 19.1 Å². The molecule has 1 atom stereocenters. The summed E-state index contributed by atoms with van der Waals surface area (Å²) < 4.78 is 17.2. The molecular formula is C24H28O7. The molecule has 0 aliphatic carbocycles. The highest BCUT2D eigenvalue weighted by atomic mass is 16.5. The molecule has 1 unspecified atom stereocenters. The SMILES string of the molecule is CCCc1c(OCCCOc2ccc3c(c2)OCC(C(=O)O)C3)ccc(C(C)=O)c1O. The van der Waals surface area contributed by atoms with Crippen LogP contribution in [0, 0.1) is 5.92 Å². The molecule has 0 saturated carbocycles. The summed E-state index contributed by atoms with van der Waals surface area (Å²) in [5.41, 5.74) is 1.83. The minimum atomic E-state index is -0.850. The van der Waals surface area contributed by atoms with Crippen LogP contribution in [0.5, 0.6) is 23.0 Å². The molecule has 1 aliphatic heterocycles. The Morgan fingerprint density at radius 1 is 1.16 bits per heavy atom. The average molecular weight is 428 g/mol. The predicted molar refractivity (Wildman–Crippen MR) is 114 cm³/mol. The van der Waals surface area contributed by atoms with E-state index in [-0.39, 0.29) is 18.1 Å². The summed E-state index contributed by atoms with van der Waals surface area (Å²) in [5, 5.41) is 19.5. The lowest BCUT2D eigenvalue weighted by Crippen LogP contribution is -2.27. The minimum absolute atomic E-state index is 0.00213. The third-order valence-electron chi connectivity index (χ3n) is 5.23. The largest absolute Gasteiger partial charge is 0.507 e. The molecule has 7 nitrogen and oxygen atoms in total. The van der Waals surface area contributed by atoms with Crippen LogP contribution in [0.15, 0.2) is 30.3 Å². The van der Waals surface area contributed by atoms with Gasteiger partial charge in [-0.25, -0.2) is 0 Å². The van der Waals surface area contributed by atoms with Crippen molar-refractivity contribution >= 4 is 11.8 Å². The van der Waals surface area contributed by atoms with E-state index >= 15 is 0 Å². The number of phenolic OH excluding ortho intramolecular Hbond substituents is 1. The lowest BCUT2D eigenvalue weighted by atomic mass is 9.97. The highest BCUT2D eigenvalue weighted by Gasteiger charge is 2.25. The lowest BCUT2D eigenvalue weighted by molar-refractivity contribution is -0.143. The number of carboxylic acid groups (broad SMARTS) is 1. The number of benzene rings is 2. The third-order valence-corrected chi connectivity index (χ3v) is 5.23. The number of phenols is 1. The second-order valence-corrected chi connectivity index (χ2v) is 7.61. The number of hydrogen-bond acceptors (Lipinski definition) is 6. The van der Waals surface area contributed by atoms with Crippen molar-refractivity contribution in [2.75, 3.05) is 19.8 Å². The van der Waals surface area contributed by atoms with E-state index < -0.39 is 11.9 Å². The number of aromatic hydroxyl groups is 1. The number of carboxylic acids is 1. The van der Waals surface area contributed by atoms with Crippen molar-refractivity contribution in [1.82, 2.24) is 0 Å². The first-order valence-corrected chi connectivity index (χ1v) is 10.5. The summed E-state index contributed by atoms with van der Waals surface area (Å²) in [6.07, 6.45) is 2.52. The highest BCUT2D eigenvalue weighted by Crippen LogP contribution is 2.33. The van der Waals surface area contributed by atoms with E-state index in [2.05, 4.69) is 0 Å². The molecule has 0 amide bonds. The number of Topliss-reactive ketones (excluding diaryl/α,β-unsaturated/α-hetero) is 1. The molecule has 1 aliphatic rings. The maximum Gasteiger partial charge on any atom is 0.310 e. The fourth-order valence-electron chi connectivity index (χ4n) is 3.56. The van der Waals surface area contributed by atoms with E-state index in [1.54, 1.807) is 18.2 Å². The zero-order chi connectivity index (χ0) is 22.4. The van der Waals surface area contributed by atoms with Gasteiger partial charge in [-0.05, 0) is 43.5 Å². The van der Waals surface area contributed by atoms with Crippen LogP contribution in [0.3, 0.4) is 0 Å². The Labute approximate surface area is 181 Å². The van der Waals surface area contributed by atoms with Gasteiger partial charge in [0.15, 0.2) is 5.78 Å². The van der Waals surface area contributed by atoms with Crippen LogP contribution < -0.4 is 14.2 Å². The molecule has 3 rings (SSSR count). The van der Waals surface area contributed by atoms with Gasteiger partial charge < -0.3 is 24.4 Å². The molecule has 2 aromatic carbocycles. The van der Waals surface area contributed by atoms with Crippen molar-refractivity contribution in [3.05, 3.63) is 47.0 Å². The molecule has 0 bridgehead atoms. The van der Waals surface area contributed by atoms with E-state index in [0.29, 0.717) is 60.9 Å². The number of carbonyl (C=O) groups is 2. The number of rotatable bonds is 10. The monoisotopic (exact) mass is 428 g/mol. The molecule has 0 radical (unpaired) electrons. The van der Waals surface area contributed by atoms with Crippen molar-refractivity contribution < 1.29 is 34.0 Å². The fraction of sp³-hybridized carbons (Fsp3) is 0.417. The molecule has 0 aromatic heterocycles. The molecule has 2 N–H and O–H groups in total. The average Bonchev–Trinajstić information content (AvgIpc) is 2.75. The third kappa shape index (κ3) is 5.48. The summed E-state index contributed by atoms with van der Waals surface area (Å²) in [6.45, 7) is 4.42. The first kappa shape index (κ1) is 22.5. The number of ether oxygens (including phenoxy) is 3. The number of ketones is 1. The van der Waals surface area contributed by atoms with E-state index in [0.717, 1.165) is 12.0 Å². The Bertz CT molecular complexity index is 951. The van der Waals surface area contributed by atoms with Crippen LogP contribution in [0.4, 0.5) is 0 Å². The smallest absolute Gasteiger partial charge is 0.310 e. The summed E-state index contributed by atoms with van der Waals surface area (Å²) in [7, 11) is 0. The van der Waals surface area contributed by atoms with Gasteiger partial charge in [0.05, 0.1) is 24.7 Å². The second-order valence-electron chi connectivity index (χ2n) is 7.61. The first-order valence-electron chi connectivity index (χ1n) is 10.5. The van der Waals surface area contributed by atoms with Gasteiger partial charge in [0.1, 0.15) is 29.6 Å². The molecular weight excluding hydrogens is 400 g/mol. The molecule has 7 heteroatoms. The molecule has 0 fully saturated rings. The summed E-state index contributed by atoms with van der Waals surface area (Å²) >= 11 is 0. The Kier molecular flexibility index (Phi) is 7.39. The van der Waals surface area contributed by atoms with E-state index in [9.17, 15) is 14.7 Å². The zero-order valence-corrected chi connectivity index (χ0v) is 17.8. The predicted octanol–water partition coefficient (Wildman–Crippen LogP) is 4.03. The van der Waals surface area contributed by atoms with Gasteiger partial charge in [-0.1, -0.05) is 19.4 Å². The van der Waals surface area contributed by atoms with Crippen molar-refractivity contribution in [1.29, 1.82) is 0 Å². The van der Waals surface area contributed by atoms with E-state index in [4.69, 9.17) is 19.3 Å². The van der Waals surface area contributed by atoms with Crippen molar-refractivity contribution in [2.24, 2.45) is 5.92 Å². The van der Waals surface area contributed by atoms with Gasteiger partial charge in [-0.15, -0.1) is 0 Å². The number of fused-ring (bicyclic) bond motifs is 1. The summed E-state index contributed by atoms with van der Waals surface area (Å²) in [4.78, 5) is 22.8. The molecule has 0 saturated heterocycles. The zero-order valence-electron chi connectivity index (χ0n) is 17.8. The molecule has 31 heavy (non-hydrogen) atoms. The van der Waals surface area contributed by atoms with Gasteiger partial charge in [0, 0.05) is 18.1 Å². The maximum atomic E-state index is 11.7. The number of carbonyl (C=O) groups excluding carboxylic acids is 1.